The lowest BCUT2D eigenvalue weighted by Gasteiger charge is -2.51. The van der Waals surface area contributed by atoms with Gasteiger partial charge in [0.2, 0.25) is 0 Å². The van der Waals surface area contributed by atoms with Crippen molar-refractivity contribution in [2.75, 3.05) is 0 Å². The molecule has 0 aliphatic heterocycles. The number of fused-ring (bicyclic) bond motifs is 2. The minimum Gasteiger partial charge on any atom is -0.388 e. The summed E-state index contributed by atoms with van der Waals surface area (Å²) in [7, 11) is 0. The van der Waals surface area contributed by atoms with Crippen molar-refractivity contribution in [1.82, 2.24) is 4.98 Å². The van der Waals surface area contributed by atoms with Gasteiger partial charge in [-0.15, -0.1) is 0 Å². The highest BCUT2D eigenvalue weighted by Crippen LogP contribution is 2.68. The van der Waals surface area contributed by atoms with E-state index in [1.165, 1.54) is 6.42 Å². The number of nitrogens with zero attached hydrogens (tertiary/aromatic N) is 1. The summed E-state index contributed by atoms with van der Waals surface area (Å²) in [5.41, 5.74) is 0.552. The summed E-state index contributed by atoms with van der Waals surface area (Å²) in [6.07, 6.45) is 7.97. The molecule has 19 heavy (non-hydrogen) atoms. The van der Waals surface area contributed by atoms with Gasteiger partial charge in [-0.25, -0.2) is 0 Å². The molecule has 1 heterocycles. The van der Waals surface area contributed by atoms with Crippen LogP contribution in [0, 0.1) is 16.7 Å². The van der Waals surface area contributed by atoms with Gasteiger partial charge in [-0.05, 0) is 63.6 Å². The van der Waals surface area contributed by atoms with Crippen molar-refractivity contribution in [1.29, 1.82) is 0 Å². The second kappa shape index (κ2) is 4.05. The first-order chi connectivity index (χ1) is 8.78. The summed E-state index contributed by atoms with van der Waals surface area (Å²) in [5, 5.41) is 11.5. The molecule has 2 aliphatic rings. The predicted molar refractivity (Wildman–Crippen MR) is 79.8 cm³/mol. The number of aromatic nitrogens is 1. The Balaban J connectivity index is 1.98. The zero-order valence-electron chi connectivity index (χ0n) is 11.9. The van der Waals surface area contributed by atoms with Gasteiger partial charge in [-0.3, -0.25) is 4.98 Å². The third kappa shape index (κ3) is 1.74. The molecule has 0 radical (unpaired) electrons. The van der Waals surface area contributed by atoms with Crippen molar-refractivity contribution in [3.05, 3.63) is 28.5 Å². The van der Waals surface area contributed by atoms with Gasteiger partial charge in [-0.1, -0.05) is 20.8 Å². The van der Waals surface area contributed by atoms with E-state index in [4.69, 9.17) is 0 Å². The molecule has 104 valence electrons. The smallest absolute Gasteiger partial charge is 0.0795 e. The van der Waals surface area contributed by atoms with Crippen LogP contribution in [0.1, 0.15) is 45.6 Å². The minimum absolute atomic E-state index is 0.0116. The molecule has 3 atom stereocenters. The highest BCUT2D eigenvalue weighted by atomic mass is 79.9. The van der Waals surface area contributed by atoms with Crippen LogP contribution in [0.5, 0.6) is 0 Å². The second-order valence-corrected chi connectivity index (χ2v) is 8.19. The van der Waals surface area contributed by atoms with E-state index >= 15 is 0 Å². The monoisotopic (exact) mass is 323 g/mol. The Labute approximate surface area is 123 Å². The second-order valence-electron chi connectivity index (χ2n) is 7.27. The van der Waals surface area contributed by atoms with Gasteiger partial charge in [0.25, 0.3) is 0 Å². The van der Waals surface area contributed by atoms with Crippen molar-refractivity contribution < 1.29 is 5.11 Å². The van der Waals surface area contributed by atoms with E-state index in [0.29, 0.717) is 12.3 Å². The Bertz CT molecular complexity index is 508. The third-order valence-corrected chi connectivity index (χ3v) is 6.48. The zero-order chi connectivity index (χ0) is 13.9. The number of rotatable bonds is 2. The fourth-order valence-electron chi connectivity index (χ4n) is 4.64. The van der Waals surface area contributed by atoms with Gasteiger partial charge in [0.05, 0.1) is 5.60 Å². The maximum absolute atomic E-state index is 11.5. The molecule has 3 rings (SSSR count). The maximum Gasteiger partial charge on any atom is 0.0795 e. The largest absolute Gasteiger partial charge is 0.388 e. The first-order valence-corrected chi connectivity index (χ1v) is 7.90. The molecule has 0 amide bonds. The van der Waals surface area contributed by atoms with Gasteiger partial charge < -0.3 is 5.11 Å². The molecule has 2 fully saturated rings. The normalized spacial score (nSPS) is 39.7. The van der Waals surface area contributed by atoms with E-state index in [9.17, 15) is 5.11 Å². The van der Waals surface area contributed by atoms with Crippen LogP contribution in [0.4, 0.5) is 0 Å². The molecule has 0 spiro atoms. The lowest BCUT2D eigenvalue weighted by atomic mass is 9.58. The lowest BCUT2D eigenvalue weighted by Crippen LogP contribution is -2.55. The SMILES string of the molecule is CC12CCC(C1)C(C)(C)C2(O)Cc1cncc(Br)c1. The fourth-order valence-corrected chi connectivity index (χ4v) is 5.05. The first-order valence-electron chi connectivity index (χ1n) is 7.10. The van der Waals surface area contributed by atoms with Gasteiger partial charge in [0, 0.05) is 23.3 Å². The molecule has 0 aromatic carbocycles. The number of hydrogen-bond donors (Lipinski definition) is 1. The van der Waals surface area contributed by atoms with Gasteiger partial charge in [-0.2, -0.15) is 0 Å². The van der Waals surface area contributed by atoms with Crippen LogP contribution in [0.3, 0.4) is 0 Å². The lowest BCUT2D eigenvalue weighted by molar-refractivity contribution is -0.141. The molecule has 3 unspecified atom stereocenters. The molecule has 1 N–H and O–H groups in total. The van der Waals surface area contributed by atoms with Crippen LogP contribution in [-0.4, -0.2) is 15.7 Å². The number of aliphatic hydroxyl groups is 1. The molecule has 2 aliphatic carbocycles. The third-order valence-electron chi connectivity index (χ3n) is 6.05. The van der Waals surface area contributed by atoms with Crippen LogP contribution in [0.2, 0.25) is 0 Å². The summed E-state index contributed by atoms with van der Waals surface area (Å²) in [4.78, 5) is 4.23. The zero-order valence-corrected chi connectivity index (χ0v) is 13.5. The van der Waals surface area contributed by atoms with Gasteiger partial charge in [0.1, 0.15) is 0 Å². The summed E-state index contributed by atoms with van der Waals surface area (Å²) >= 11 is 3.47. The number of halogens is 1. The molecule has 2 nitrogen and oxygen atoms in total. The van der Waals surface area contributed by atoms with Crippen LogP contribution < -0.4 is 0 Å². The molecule has 2 saturated carbocycles. The molecule has 0 saturated heterocycles. The summed E-state index contributed by atoms with van der Waals surface area (Å²) < 4.78 is 0.986. The van der Waals surface area contributed by atoms with E-state index in [-0.39, 0.29) is 10.8 Å². The molecule has 2 bridgehead atoms. The van der Waals surface area contributed by atoms with E-state index in [1.807, 2.05) is 6.20 Å². The molecular formula is C16H22BrNO. The number of pyridine rings is 1. The predicted octanol–water partition coefficient (Wildman–Crippen LogP) is 3.96. The summed E-state index contributed by atoms with van der Waals surface area (Å²) in [6.45, 7) is 6.76. The average Bonchev–Trinajstić information content (AvgIpc) is 2.78. The van der Waals surface area contributed by atoms with E-state index in [0.717, 1.165) is 22.9 Å². The van der Waals surface area contributed by atoms with Crippen molar-refractivity contribution in [2.24, 2.45) is 16.7 Å². The Morgan fingerprint density at radius 2 is 2.11 bits per heavy atom. The van der Waals surface area contributed by atoms with Crippen LogP contribution in [0.25, 0.3) is 0 Å². The Hall–Kier alpha value is -0.410. The quantitative estimate of drug-likeness (QED) is 0.893. The topological polar surface area (TPSA) is 33.1 Å². The van der Waals surface area contributed by atoms with Crippen LogP contribution >= 0.6 is 15.9 Å². The molecule has 3 heteroatoms. The fraction of sp³-hybridized carbons (Fsp3) is 0.688. The average molecular weight is 324 g/mol. The van der Waals surface area contributed by atoms with E-state index in [2.05, 4.69) is 47.8 Å². The van der Waals surface area contributed by atoms with Crippen molar-refractivity contribution in [3.8, 4) is 0 Å². The van der Waals surface area contributed by atoms with Crippen molar-refractivity contribution >= 4 is 15.9 Å². The van der Waals surface area contributed by atoms with E-state index < -0.39 is 5.60 Å². The van der Waals surface area contributed by atoms with Crippen molar-refractivity contribution in [3.63, 3.8) is 0 Å². The highest BCUT2D eigenvalue weighted by molar-refractivity contribution is 9.10. The van der Waals surface area contributed by atoms with Gasteiger partial charge in [0.15, 0.2) is 0 Å². The van der Waals surface area contributed by atoms with Gasteiger partial charge >= 0.3 is 0 Å². The first kappa shape index (κ1) is 13.6. The molecular weight excluding hydrogens is 302 g/mol. The summed E-state index contributed by atoms with van der Waals surface area (Å²) in [5.74, 6) is 0.655. The Morgan fingerprint density at radius 3 is 2.68 bits per heavy atom. The maximum atomic E-state index is 11.5. The highest BCUT2D eigenvalue weighted by Gasteiger charge is 2.67. The minimum atomic E-state index is -0.620. The molecule has 1 aromatic rings. The molecule has 1 aromatic heterocycles. The van der Waals surface area contributed by atoms with Crippen LogP contribution in [-0.2, 0) is 6.42 Å². The number of hydrogen-bond acceptors (Lipinski definition) is 2. The standard InChI is InChI=1S/C16H22BrNO/c1-14(2)12-4-5-15(3,8-12)16(14,19)7-11-6-13(17)10-18-9-11/h6,9-10,12,19H,4-5,7-8H2,1-3H3. The van der Waals surface area contributed by atoms with Crippen LogP contribution in [0.15, 0.2) is 22.9 Å². The van der Waals surface area contributed by atoms with E-state index in [1.54, 1.807) is 6.20 Å². The Kier molecular flexibility index (Phi) is 2.89. The van der Waals surface area contributed by atoms with Crippen molar-refractivity contribution in [2.45, 2.75) is 52.1 Å². The summed E-state index contributed by atoms with van der Waals surface area (Å²) in [6, 6.07) is 2.08. The Morgan fingerprint density at radius 1 is 1.37 bits per heavy atom.